The number of benzene rings is 2. The van der Waals surface area contributed by atoms with E-state index in [1.807, 2.05) is 0 Å². The summed E-state index contributed by atoms with van der Waals surface area (Å²) in [7, 11) is 1.37. The monoisotopic (exact) mass is 840 g/mol. The van der Waals surface area contributed by atoms with Crippen LogP contribution in [0.3, 0.4) is 0 Å². The van der Waals surface area contributed by atoms with E-state index in [2.05, 4.69) is 26.3 Å². The van der Waals surface area contributed by atoms with Crippen molar-refractivity contribution in [3.63, 3.8) is 0 Å². The smallest absolute Gasteiger partial charge is 0.331 e. The molecule has 1 saturated heterocycles. The maximum atomic E-state index is 13.9. The Morgan fingerprint density at radius 1 is 0.983 bits per heavy atom. The number of urea groups is 1. The number of carbonyl (C=O) groups is 5. The Kier molecular flexibility index (Phi) is 16.1. The number of carboxylic acids is 1. The average molecular weight is 841 g/mol. The Morgan fingerprint density at radius 3 is 2.20 bits per heavy atom. The van der Waals surface area contributed by atoms with Gasteiger partial charge < -0.3 is 57.1 Å². The molecule has 0 spiro atoms. The summed E-state index contributed by atoms with van der Waals surface area (Å²) in [5, 5.41) is 50.0. The molecule has 21 heteroatoms. The number of amides is 5. The van der Waals surface area contributed by atoms with E-state index in [0.29, 0.717) is 16.9 Å². The number of carbonyl (C=O) groups excluding carboxylic acids is 4. The Balaban J connectivity index is 1.55. The highest BCUT2D eigenvalue weighted by Gasteiger charge is 2.37. The number of aliphatic hydroxyl groups is 1. The van der Waals surface area contributed by atoms with E-state index in [0.717, 1.165) is 27.9 Å². The Hall–Kier alpha value is -6.32. The number of nitrogens with one attached hydrogen (secondary N) is 5. The zero-order chi connectivity index (χ0) is 43.4. The third-order valence-electron chi connectivity index (χ3n) is 9.40. The summed E-state index contributed by atoms with van der Waals surface area (Å²) in [6.45, 7) is 1.47. The molecule has 59 heavy (non-hydrogen) atoms. The summed E-state index contributed by atoms with van der Waals surface area (Å²) < 4.78 is 6.65. The summed E-state index contributed by atoms with van der Waals surface area (Å²) in [6, 6.07) is 5.55. The maximum Gasteiger partial charge on any atom is 0.331 e. The number of ether oxygens (including phenoxy) is 1. The van der Waals surface area contributed by atoms with E-state index in [1.165, 1.54) is 56.1 Å². The lowest BCUT2D eigenvalue weighted by atomic mass is 10.0. The molecule has 2 heterocycles. The number of aliphatic hydroxyl groups excluding tert-OH is 1. The number of aromatic hydroxyl groups is 2. The molecule has 318 valence electrons. The number of aromatic nitrogens is 2. The number of hydrogen-bond acceptors (Lipinski definition) is 13. The summed E-state index contributed by atoms with van der Waals surface area (Å²) in [6.07, 6.45) is 1.22. The molecule has 5 amide bonds. The molecule has 2 aromatic carbocycles. The van der Waals surface area contributed by atoms with Gasteiger partial charge in [-0.25, -0.2) is 14.4 Å². The molecule has 1 fully saturated rings. The molecule has 11 N–H and O–H groups in total. The van der Waals surface area contributed by atoms with Crippen LogP contribution in [0.1, 0.15) is 37.1 Å². The number of rotatable bonds is 18. The third kappa shape index (κ3) is 12.8. The van der Waals surface area contributed by atoms with Crippen molar-refractivity contribution in [3.05, 3.63) is 105 Å². The second kappa shape index (κ2) is 20.9. The van der Waals surface area contributed by atoms with Crippen LogP contribution in [-0.4, -0.2) is 120 Å². The number of carboxylic acid groups (broad SMARTS) is 1. The molecule has 1 aliphatic heterocycles. The topological polar surface area (TPSA) is 308 Å². The third-order valence-corrected chi connectivity index (χ3v) is 10.0. The van der Waals surface area contributed by atoms with Crippen LogP contribution in [0.4, 0.5) is 4.79 Å². The second-order valence-corrected chi connectivity index (χ2v) is 14.8. The van der Waals surface area contributed by atoms with Crippen LogP contribution in [0.15, 0.2) is 82.3 Å². The van der Waals surface area contributed by atoms with Gasteiger partial charge in [0, 0.05) is 38.4 Å². The van der Waals surface area contributed by atoms with Gasteiger partial charge in [-0.1, -0.05) is 24.3 Å². The van der Waals surface area contributed by atoms with E-state index in [-0.39, 0.29) is 42.9 Å². The molecular formula is C38H48N8O12S. The van der Waals surface area contributed by atoms with Crippen molar-refractivity contribution >= 4 is 41.5 Å². The van der Waals surface area contributed by atoms with E-state index in [9.17, 15) is 54.0 Å². The van der Waals surface area contributed by atoms with Gasteiger partial charge >= 0.3 is 17.7 Å². The first-order valence-electron chi connectivity index (χ1n) is 18.3. The molecule has 0 aliphatic carbocycles. The number of hydrogen-bond donors (Lipinski definition) is 10. The molecule has 20 nitrogen and oxygen atoms in total. The number of thioether (sulfide) groups is 1. The lowest BCUT2D eigenvalue weighted by Crippen LogP contribution is -2.62. The average Bonchev–Trinajstić information content (AvgIpc) is 3.55. The minimum absolute atomic E-state index is 0.0252. The minimum Gasteiger partial charge on any atom is -0.508 e. The van der Waals surface area contributed by atoms with E-state index in [1.54, 1.807) is 24.5 Å². The first-order chi connectivity index (χ1) is 28.0. The standard InChI is InChI=1S/C38H48N8O12S/c1-20(45(2)34(53)26(39)16-21-6-4-8-23(47)14-21)31(33(52)40-19-25-18-29(49)35(58-25)46-12-10-30(50)43-38(46)57)44-32(51)27(11-13-59-3)41-37(56)42-28(36(54)55)17-22-7-5-9-24(48)15-22/h4-10,12,14-15,19-20,26-29,31,35,47-49H,11,13,16-18,39H2,1-3H3,(H,40,52)(H,44,51)(H,54,55)(H2,41,42,56)(H,43,50,57)/b25-19-/t20?,26-,27-,28?,29?,31+,35?/m0/s1. The number of phenolic OH excluding ortho intramolecular Hbond substituents is 2. The van der Waals surface area contributed by atoms with Gasteiger partial charge in [-0.2, -0.15) is 11.8 Å². The van der Waals surface area contributed by atoms with Gasteiger partial charge in [0.1, 0.15) is 41.5 Å². The van der Waals surface area contributed by atoms with Crippen molar-refractivity contribution in [2.24, 2.45) is 5.73 Å². The Morgan fingerprint density at radius 2 is 1.61 bits per heavy atom. The largest absolute Gasteiger partial charge is 0.508 e. The van der Waals surface area contributed by atoms with Gasteiger partial charge in [-0.3, -0.25) is 28.7 Å². The molecular weight excluding hydrogens is 793 g/mol. The predicted molar refractivity (Wildman–Crippen MR) is 214 cm³/mol. The number of nitrogens with zero attached hydrogens (tertiary/aromatic N) is 2. The number of nitrogens with two attached hydrogens (primary N) is 1. The van der Waals surface area contributed by atoms with Crippen molar-refractivity contribution in [1.29, 1.82) is 0 Å². The van der Waals surface area contributed by atoms with Crippen molar-refractivity contribution < 1.29 is 49.1 Å². The highest BCUT2D eigenvalue weighted by molar-refractivity contribution is 7.98. The highest BCUT2D eigenvalue weighted by atomic mass is 32.2. The van der Waals surface area contributed by atoms with Crippen LogP contribution in [0.2, 0.25) is 0 Å². The molecule has 1 aromatic heterocycles. The number of aromatic amines is 1. The zero-order valence-corrected chi connectivity index (χ0v) is 33.2. The van der Waals surface area contributed by atoms with Crippen molar-refractivity contribution in [1.82, 2.24) is 35.7 Å². The fourth-order valence-corrected chi connectivity index (χ4v) is 6.62. The maximum absolute atomic E-state index is 13.9. The molecule has 0 saturated carbocycles. The number of H-pyrrole nitrogens is 1. The van der Waals surface area contributed by atoms with Gasteiger partial charge in [-0.05, 0) is 67.2 Å². The van der Waals surface area contributed by atoms with Crippen molar-refractivity contribution in [2.45, 2.75) is 75.1 Å². The van der Waals surface area contributed by atoms with Gasteiger partial charge in [0.15, 0.2) is 0 Å². The minimum atomic E-state index is -1.52. The van der Waals surface area contributed by atoms with E-state index in [4.69, 9.17) is 10.5 Å². The first kappa shape index (κ1) is 45.4. The van der Waals surface area contributed by atoms with Crippen molar-refractivity contribution in [2.75, 3.05) is 19.1 Å². The van der Waals surface area contributed by atoms with Crippen molar-refractivity contribution in [3.8, 4) is 11.5 Å². The fourth-order valence-electron chi connectivity index (χ4n) is 6.14. The fraction of sp³-hybridized carbons (Fsp3) is 0.395. The molecule has 4 rings (SSSR count). The molecule has 4 unspecified atom stereocenters. The lowest BCUT2D eigenvalue weighted by molar-refractivity contribution is -0.139. The second-order valence-electron chi connectivity index (χ2n) is 13.8. The van der Waals surface area contributed by atoms with Gasteiger partial charge in [-0.15, -0.1) is 0 Å². The van der Waals surface area contributed by atoms with E-state index >= 15 is 0 Å². The lowest BCUT2D eigenvalue weighted by Gasteiger charge is -2.34. The Labute approximate surface area is 341 Å². The summed E-state index contributed by atoms with van der Waals surface area (Å²) in [4.78, 5) is 93.8. The zero-order valence-electron chi connectivity index (χ0n) is 32.4. The van der Waals surface area contributed by atoms with Crippen LogP contribution in [0, 0.1) is 0 Å². The summed E-state index contributed by atoms with van der Waals surface area (Å²) in [5.74, 6) is -3.47. The van der Waals surface area contributed by atoms with Crippen LogP contribution in [0.25, 0.3) is 0 Å². The highest BCUT2D eigenvalue weighted by Crippen LogP contribution is 2.30. The number of likely N-dealkylation sites (N-methyl/N-ethyl adjacent to an activating group) is 1. The quantitative estimate of drug-likeness (QED) is 0.0751. The molecule has 3 aromatic rings. The van der Waals surface area contributed by atoms with Gasteiger partial charge in [0.05, 0.1) is 12.1 Å². The summed E-state index contributed by atoms with van der Waals surface area (Å²) in [5.41, 5.74) is 5.75. The predicted octanol–water partition coefficient (Wildman–Crippen LogP) is -0.796. The Bertz CT molecular complexity index is 2140. The van der Waals surface area contributed by atoms with Crippen LogP contribution in [-0.2, 0) is 36.8 Å². The first-order valence-corrected chi connectivity index (χ1v) is 19.7. The number of phenols is 2. The SMILES string of the molecule is CSCC[C@H](NC(=O)NC(Cc1cccc(O)c1)C(=O)O)C(=O)N[C@@H](C(=O)N/C=C1/CC(O)C(n2ccc(=O)[nH]c2=O)O1)C(C)N(C)C(=O)[C@@H](N)Cc1cccc(O)c1. The van der Waals surface area contributed by atoms with E-state index < -0.39 is 83.5 Å². The van der Waals surface area contributed by atoms with Crippen LogP contribution in [0.5, 0.6) is 11.5 Å². The van der Waals surface area contributed by atoms with Crippen LogP contribution >= 0.6 is 11.8 Å². The summed E-state index contributed by atoms with van der Waals surface area (Å²) >= 11 is 1.35. The molecule has 7 atom stereocenters. The van der Waals surface area contributed by atoms with Gasteiger partial charge in [0.25, 0.3) is 5.56 Å². The van der Waals surface area contributed by atoms with Gasteiger partial charge in [0.2, 0.25) is 23.9 Å². The normalized spacial score (nSPS) is 18.0. The number of aliphatic carboxylic acids is 1. The molecule has 1 aliphatic rings. The molecule has 0 bridgehead atoms. The molecule has 0 radical (unpaired) electrons. The van der Waals surface area contributed by atoms with Crippen LogP contribution < -0.4 is 38.2 Å².